The molecule has 0 aliphatic carbocycles. The van der Waals surface area contributed by atoms with Gasteiger partial charge in [-0.25, -0.2) is 4.79 Å². The molecule has 10 nitrogen and oxygen atoms in total. The van der Waals surface area contributed by atoms with Crippen LogP contribution in [-0.2, 0) is 34.1 Å². The van der Waals surface area contributed by atoms with Crippen molar-refractivity contribution in [3.05, 3.63) is 32.6 Å². The number of nitrogens with zero attached hydrogens (tertiary/aromatic N) is 1. The van der Waals surface area contributed by atoms with Crippen LogP contribution in [0.15, 0.2) is 15.8 Å². The van der Waals surface area contributed by atoms with E-state index in [2.05, 4.69) is 80.4 Å². The number of H-pyrrole nitrogens is 1. The lowest BCUT2D eigenvalue weighted by Crippen LogP contribution is -2.66. The van der Waals surface area contributed by atoms with E-state index >= 15 is 0 Å². The summed E-state index contributed by atoms with van der Waals surface area (Å²) in [4.78, 5) is 39.9. The van der Waals surface area contributed by atoms with E-state index in [0.29, 0.717) is 6.61 Å². The fraction of sp³-hybridized carbons (Fsp3) is 0.815. The van der Waals surface area contributed by atoms with Crippen molar-refractivity contribution < 1.29 is 27.5 Å². The summed E-state index contributed by atoms with van der Waals surface area (Å²) in [5, 5.41) is -0.585. The van der Waals surface area contributed by atoms with Crippen LogP contribution in [0, 0.1) is 0 Å². The number of carbonyl (C=O) groups is 1. The van der Waals surface area contributed by atoms with Crippen molar-refractivity contribution in [2.45, 2.75) is 128 Å². The Hall–Kier alpha value is -1.58. The van der Waals surface area contributed by atoms with Crippen LogP contribution in [0.2, 0.25) is 28.2 Å². The average Bonchev–Trinajstić information content (AvgIpc) is 3.12. The molecule has 12 heteroatoms. The monoisotopic (exact) mass is 584 g/mol. The van der Waals surface area contributed by atoms with Crippen LogP contribution in [0.4, 0.5) is 0 Å². The SMILES string of the molecule is COC(=O)CCn1cc([C@@H]2O[C@@H]3CO[Si](C(C)(C)C)(C(C)(C)C)O[C@H]3[C@H]2O[Si](C)(C)C(C)(C)C)c(=O)[nH]c1=O. The molecule has 0 spiro atoms. The van der Waals surface area contributed by atoms with Crippen molar-refractivity contribution in [2.24, 2.45) is 0 Å². The number of carbonyl (C=O) groups excluding carboxylic acids is 1. The topological polar surface area (TPSA) is 118 Å². The fourth-order valence-corrected chi connectivity index (χ4v) is 11.7. The van der Waals surface area contributed by atoms with E-state index in [1.54, 1.807) is 0 Å². The van der Waals surface area contributed by atoms with Crippen LogP contribution in [0.5, 0.6) is 0 Å². The molecule has 4 atom stereocenters. The first-order valence-corrected chi connectivity index (χ1v) is 18.4. The van der Waals surface area contributed by atoms with Crippen LogP contribution >= 0.6 is 0 Å². The Bertz CT molecular complexity index is 1160. The van der Waals surface area contributed by atoms with Gasteiger partial charge in [-0.1, -0.05) is 62.3 Å². The summed E-state index contributed by atoms with van der Waals surface area (Å²) in [7, 11) is -3.94. The van der Waals surface area contributed by atoms with Gasteiger partial charge in [-0.2, -0.15) is 0 Å². The zero-order valence-corrected chi connectivity index (χ0v) is 27.7. The maximum atomic E-state index is 13.2. The van der Waals surface area contributed by atoms with Gasteiger partial charge in [0.25, 0.3) is 5.56 Å². The standard InChI is InChI=1S/C27H48N2O8Si2/c1-25(2,3)38(11,12)36-22-20(17-15-29(14-13-19(30)33-10)24(32)28-23(17)31)35-18-16-34-39(26(4,5)6,27(7,8)9)37-21(18)22/h15,18,20-22H,13-14,16H2,1-12H3,(H,28,31,32)/t18-,20+,21-,22+/m1/s1. The highest BCUT2D eigenvalue weighted by Gasteiger charge is 2.65. The molecule has 0 saturated carbocycles. The number of ether oxygens (including phenoxy) is 2. The molecular weight excluding hydrogens is 536 g/mol. The number of hydrogen-bond acceptors (Lipinski definition) is 8. The molecular formula is C27H48N2O8Si2. The molecule has 2 saturated heterocycles. The predicted octanol–water partition coefficient (Wildman–Crippen LogP) is 4.39. The van der Waals surface area contributed by atoms with Crippen LogP contribution in [-0.4, -0.2) is 64.4 Å². The number of aromatic nitrogens is 2. The first kappa shape index (κ1) is 31.9. The van der Waals surface area contributed by atoms with Gasteiger partial charge in [-0.15, -0.1) is 0 Å². The van der Waals surface area contributed by atoms with Crippen molar-refractivity contribution in [3.63, 3.8) is 0 Å². The molecule has 1 aromatic rings. The largest absolute Gasteiger partial charge is 0.469 e. The quantitative estimate of drug-likeness (QED) is 0.386. The van der Waals surface area contributed by atoms with Crippen molar-refractivity contribution in [3.8, 4) is 0 Å². The number of rotatable bonds is 6. The first-order chi connectivity index (χ1) is 17.6. The summed E-state index contributed by atoms with van der Waals surface area (Å²) in [6.45, 7) is 24.1. The second-order valence-electron chi connectivity index (χ2n) is 14.3. The molecule has 3 heterocycles. The second kappa shape index (κ2) is 10.7. The zero-order chi connectivity index (χ0) is 29.8. The zero-order valence-electron chi connectivity index (χ0n) is 25.7. The molecule has 2 fully saturated rings. The summed E-state index contributed by atoms with van der Waals surface area (Å²) < 4.78 is 33.3. The minimum Gasteiger partial charge on any atom is -0.469 e. The molecule has 1 aromatic heterocycles. The van der Waals surface area contributed by atoms with E-state index in [4.69, 9.17) is 22.8 Å². The average molecular weight is 585 g/mol. The molecule has 0 unspecified atom stereocenters. The van der Waals surface area contributed by atoms with Gasteiger partial charge in [0.1, 0.15) is 24.4 Å². The Morgan fingerprint density at radius 2 is 1.69 bits per heavy atom. The molecule has 0 bridgehead atoms. The normalized spacial score (nSPS) is 25.8. The number of esters is 1. The van der Waals surface area contributed by atoms with Gasteiger partial charge in [0.15, 0.2) is 8.32 Å². The van der Waals surface area contributed by atoms with Crippen LogP contribution in [0.1, 0.15) is 80.4 Å². The highest BCUT2D eigenvalue weighted by Crippen LogP contribution is 2.56. The van der Waals surface area contributed by atoms with Gasteiger partial charge in [-0.3, -0.25) is 19.1 Å². The lowest BCUT2D eigenvalue weighted by Gasteiger charge is -2.54. The minimum atomic E-state index is -2.87. The molecule has 2 aliphatic heterocycles. The van der Waals surface area contributed by atoms with Crippen LogP contribution in [0.3, 0.4) is 0 Å². The molecule has 3 rings (SSSR count). The molecule has 0 amide bonds. The van der Waals surface area contributed by atoms with Gasteiger partial charge < -0.3 is 22.8 Å². The summed E-state index contributed by atoms with van der Waals surface area (Å²) in [5.74, 6) is -0.451. The molecule has 222 valence electrons. The third-order valence-corrected chi connectivity index (χ3v) is 18.0. The summed E-state index contributed by atoms with van der Waals surface area (Å²) in [6.07, 6.45) is -0.777. The van der Waals surface area contributed by atoms with Crippen LogP contribution < -0.4 is 11.2 Å². The number of methoxy groups -OCH3 is 1. The Kier molecular flexibility index (Phi) is 8.75. The number of hydrogen-bond donors (Lipinski definition) is 1. The summed E-state index contributed by atoms with van der Waals surface area (Å²) in [5.41, 5.74) is -0.880. The molecule has 0 aromatic carbocycles. The van der Waals surface area contributed by atoms with Crippen LogP contribution in [0.25, 0.3) is 0 Å². The van der Waals surface area contributed by atoms with E-state index in [1.807, 2.05) is 0 Å². The summed E-state index contributed by atoms with van der Waals surface area (Å²) >= 11 is 0. The maximum Gasteiger partial charge on any atom is 0.349 e. The molecule has 0 radical (unpaired) electrons. The van der Waals surface area contributed by atoms with E-state index in [1.165, 1.54) is 17.9 Å². The van der Waals surface area contributed by atoms with Gasteiger partial charge in [0, 0.05) is 22.8 Å². The van der Waals surface area contributed by atoms with Crippen molar-refractivity contribution >= 4 is 22.8 Å². The fourth-order valence-electron chi connectivity index (χ4n) is 5.45. The Labute approximate surface area is 234 Å². The van der Waals surface area contributed by atoms with E-state index in [-0.39, 0.29) is 33.6 Å². The number of aromatic amines is 1. The molecule has 39 heavy (non-hydrogen) atoms. The second-order valence-corrected chi connectivity index (χ2v) is 23.8. The van der Waals surface area contributed by atoms with Gasteiger partial charge in [-0.05, 0) is 18.1 Å². The number of fused-ring (bicyclic) bond motifs is 1. The lowest BCUT2D eigenvalue weighted by atomic mass is 10.0. The minimum absolute atomic E-state index is 0.00913. The molecule has 1 N–H and O–H groups in total. The highest BCUT2D eigenvalue weighted by molar-refractivity contribution is 6.74. The van der Waals surface area contributed by atoms with Gasteiger partial charge >= 0.3 is 20.2 Å². The van der Waals surface area contributed by atoms with Gasteiger partial charge in [0.2, 0.25) is 0 Å². The molecule has 2 aliphatic rings. The van der Waals surface area contributed by atoms with E-state index in [9.17, 15) is 14.4 Å². The number of aryl methyl sites for hydroxylation is 1. The smallest absolute Gasteiger partial charge is 0.349 e. The third kappa shape index (κ3) is 6.06. The third-order valence-electron chi connectivity index (χ3n) is 8.40. The first-order valence-electron chi connectivity index (χ1n) is 13.7. The predicted molar refractivity (Wildman–Crippen MR) is 154 cm³/mol. The number of nitrogens with one attached hydrogen (secondary N) is 1. The van der Waals surface area contributed by atoms with Crippen molar-refractivity contribution in [2.75, 3.05) is 13.7 Å². The Morgan fingerprint density at radius 1 is 1.10 bits per heavy atom. The maximum absolute atomic E-state index is 13.2. The van der Waals surface area contributed by atoms with E-state index < -0.39 is 58.5 Å². The van der Waals surface area contributed by atoms with Gasteiger partial charge in [0.05, 0.1) is 25.7 Å². The Balaban J connectivity index is 2.12. The summed E-state index contributed by atoms with van der Waals surface area (Å²) in [6, 6.07) is 0. The highest BCUT2D eigenvalue weighted by atomic mass is 28.4. The Morgan fingerprint density at radius 3 is 2.21 bits per heavy atom. The van der Waals surface area contributed by atoms with Crippen molar-refractivity contribution in [1.29, 1.82) is 0 Å². The van der Waals surface area contributed by atoms with E-state index in [0.717, 1.165) is 0 Å². The lowest BCUT2D eigenvalue weighted by molar-refractivity contribution is -0.140. The van der Waals surface area contributed by atoms with Crippen molar-refractivity contribution in [1.82, 2.24) is 9.55 Å².